The first-order valence-corrected chi connectivity index (χ1v) is 6.26. The Morgan fingerprint density at radius 1 is 1.47 bits per heavy atom. The predicted octanol–water partition coefficient (Wildman–Crippen LogP) is 1.05. The SMILES string of the molecule is COCc1cc(CNCCCNC2CC2)no1. The van der Waals surface area contributed by atoms with Gasteiger partial charge in [0.25, 0.3) is 0 Å². The second-order valence-corrected chi connectivity index (χ2v) is 4.48. The van der Waals surface area contributed by atoms with Gasteiger partial charge in [-0.1, -0.05) is 5.16 Å². The van der Waals surface area contributed by atoms with Gasteiger partial charge in [0.2, 0.25) is 0 Å². The summed E-state index contributed by atoms with van der Waals surface area (Å²) >= 11 is 0. The van der Waals surface area contributed by atoms with Crippen LogP contribution in [0.5, 0.6) is 0 Å². The lowest BCUT2D eigenvalue weighted by Crippen LogP contribution is -2.23. The Morgan fingerprint density at radius 2 is 2.35 bits per heavy atom. The van der Waals surface area contributed by atoms with Gasteiger partial charge in [-0.15, -0.1) is 0 Å². The molecule has 0 atom stereocenters. The van der Waals surface area contributed by atoms with Crippen molar-refractivity contribution in [2.24, 2.45) is 0 Å². The molecule has 0 amide bonds. The molecule has 1 heterocycles. The van der Waals surface area contributed by atoms with Gasteiger partial charge >= 0.3 is 0 Å². The molecular weight excluding hydrogens is 218 g/mol. The summed E-state index contributed by atoms with van der Waals surface area (Å²) in [5.74, 6) is 0.778. The summed E-state index contributed by atoms with van der Waals surface area (Å²) in [6, 6.07) is 2.74. The van der Waals surface area contributed by atoms with Gasteiger partial charge in [0, 0.05) is 25.8 Å². The van der Waals surface area contributed by atoms with Gasteiger partial charge < -0.3 is 19.9 Å². The average Bonchev–Trinajstić information content (AvgIpc) is 3.05. The highest BCUT2D eigenvalue weighted by Crippen LogP contribution is 2.18. The zero-order valence-corrected chi connectivity index (χ0v) is 10.4. The highest BCUT2D eigenvalue weighted by Gasteiger charge is 2.19. The number of aromatic nitrogens is 1. The highest BCUT2D eigenvalue weighted by atomic mass is 16.5. The van der Waals surface area contributed by atoms with Gasteiger partial charge in [-0.2, -0.15) is 0 Å². The van der Waals surface area contributed by atoms with Crippen molar-refractivity contribution in [3.8, 4) is 0 Å². The maximum atomic E-state index is 5.10. The fraction of sp³-hybridized carbons (Fsp3) is 0.750. The maximum Gasteiger partial charge on any atom is 0.162 e. The fourth-order valence-electron chi connectivity index (χ4n) is 1.67. The van der Waals surface area contributed by atoms with Crippen LogP contribution >= 0.6 is 0 Å². The summed E-state index contributed by atoms with van der Waals surface area (Å²) in [4.78, 5) is 0. The van der Waals surface area contributed by atoms with Crippen molar-refractivity contribution in [1.29, 1.82) is 0 Å². The molecule has 1 saturated carbocycles. The number of ether oxygens (including phenoxy) is 1. The summed E-state index contributed by atoms with van der Waals surface area (Å²) in [7, 11) is 1.65. The third-order valence-electron chi connectivity index (χ3n) is 2.74. The van der Waals surface area contributed by atoms with E-state index in [1.165, 1.54) is 12.8 Å². The van der Waals surface area contributed by atoms with Crippen LogP contribution in [0.4, 0.5) is 0 Å². The first-order chi connectivity index (χ1) is 8.38. The molecule has 96 valence electrons. The van der Waals surface area contributed by atoms with Crippen molar-refractivity contribution in [3.63, 3.8) is 0 Å². The number of nitrogens with zero attached hydrogens (tertiary/aromatic N) is 1. The van der Waals surface area contributed by atoms with E-state index in [0.717, 1.165) is 43.6 Å². The lowest BCUT2D eigenvalue weighted by atomic mass is 10.3. The number of hydrogen-bond acceptors (Lipinski definition) is 5. The molecule has 5 nitrogen and oxygen atoms in total. The molecule has 0 saturated heterocycles. The minimum atomic E-state index is 0.484. The Morgan fingerprint density at radius 3 is 3.12 bits per heavy atom. The monoisotopic (exact) mass is 239 g/mol. The van der Waals surface area contributed by atoms with Crippen LogP contribution in [0.25, 0.3) is 0 Å². The molecule has 1 aromatic heterocycles. The van der Waals surface area contributed by atoms with Crippen LogP contribution in [0.3, 0.4) is 0 Å². The van der Waals surface area contributed by atoms with Gasteiger partial charge in [0.15, 0.2) is 5.76 Å². The Balaban J connectivity index is 1.50. The molecule has 1 aliphatic carbocycles. The molecule has 0 unspecified atom stereocenters. The fourth-order valence-corrected chi connectivity index (χ4v) is 1.67. The van der Waals surface area contributed by atoms with Crippen molar-refractivity contribution in [1.82, 2.24) is 15.8 Å². The molecule has 0 aromatic carbocycles. The van der Waals surface area contributed by atoms with Gasteiger partial charge in [-0.3, -0.25) is 0 Å². The van der Waals surface area contributed by atoms with Crippen LogP contribution < -0.4 is 10.6 Å². The highest BCUT2D eigenvalue weighted by molar-refractivity contribution is 5.04. The molecule has 2 rings (SSSR count). The standard InChI is InChI=1S/C12H21N3O2/c1-16-9-12-7-11(15-17-12)8-13-5-2-6-14-10-3-4-10/h7,10,13-14H,2-6,8-9H2,1H3. The van der Waals surface area contributed by atoms with E-state index in [-0.39, 0.29) is 0 Å². The van der Waals surface area contributed by atoms with E-state index in [1.54, 1.807) is 7.11 Å². The van der Waals surface area contributed by atoms with Crippen LogP contribution in [0.15, 0.2) is 10.6 Å². The third kappa shape index (κ3) is 4.85. The summed E-state index contributed by atoms with van der Waals surface area (Å²) in [6.07, 6.45) is 3.86. The van der Waals surface area contributed by atoms with E-state index < -0.39 is 0 Å². The Bertz CT molecular complexity index is 323. The number of rotatable bonds is 9. The zero-order chi connectivity index (χ0) is 11.9. The molecule has 2 N–H and O–H groups in total. The van der Waals surface area contributed by atoms with E-state index >= 15 is 0 Å². The lowest BCUT2D eigenvalue weighted by Gasteiger charge is -2.03. The molecule has 5 heteroatoms. The first kappa shape index (κ1) is 12.5. The second-order valence-electron chi connectivity index (χ2n) is 4.48. The van der Waals surface area contributed by atoms with E-state index in [1.807, 2.05) is 6.07 Å². The number of methoxy groups -OCH3 is 1. The molecule has 1 aromatic rings. The Kier molecular flexibility index (Phi) is 4.97. The minimum absolute atomic E-state index is 0.484. The van der Waals surface area contributed by atoms with Gasteiger partial charge in [0.1, 0.15) is 6.61 Å². The molecule has 0 radical (unpaired) electrons. The lowest BCUT2D eigenvalue weighted by molar-refractivity contribution is 0.155. The van der Waals surface area contributed by atoms with Crippen molar-refractivity contribution >= 4 is 0 Å². The maximum absolute atomic E-state index is 5.10. The van der Waals surface area contributed by atoms with Crippen LogP contribution in [0, 0.1) is 0 Å². The quantitative estimate of drug-likeness (QED) is 0.631. The average molecular weight is 239 g/mol. The normalized spacial score (nSPS) is 15.4. The van der Waals surface area contributed by atoms with Crippen molar-refractivity contribution < 1.29 is 9.26 Å². The second kappa shape index (κ2) is 6.74. The molecule has 0 aliphatic heterocycles. The third-order valence-corrected chi connectivity index (χ3v) is 2.74. The molecule has 17 heavy (non-hydrogen) atoms. The van der Waals surface area contributed by atoms with Gasteiger partial charge in [-0.05, 0) is 32.4 Å². The first-order valence-electron chi connectivity index (χ1n) is 6.26. The number of nitrogens with one attached hydrogen (secondary N) is 2. The molecule has 0 bridgehead atoms. The van der Waals surface area contributed by atoms with Crippen LogP contribution in [-0.4, -0.2) is 31.4 Å². The van der Waals surface area contributed by atoms with Crippen molar-refractivity contribution in [3.05, 3.63) is 17.5 Å². The van der Waals surface area contributed by atoms with Crippen LogP contribution in [0.1, 0.15) is 30.7 Å². The number of hydrogen-bond donors (Lipinski definition) is 2. The van der Waals surface area contributed by atoms with Crippen LogP contribution in [0.2, 0.25) is 0 Å². The molecular formula is C12H21N3O2. The summed E-state index contributed by atoms with van der Waals surface area (Å²) in [5, 5.41) is 10.8. The molecule has 1 aliphatic rings. The van der Waals surface area contributed by atoms with E-state index in [4.69, 9.17) is 9.26 Å². The van der Waals surface area contributed by atoms with E-state index in [0.29, 0.717) is 6.61 Å². The van der Waals surface area contributed by atoms with Crippen LogP contribution in [-0.2, 0) is 17.9 Å². The van der Waals surface area contributed by atoms with Gasteiger partial charge in [0.05, 0.1) is 5.69 Å². The molecule has 1 fully saturated rings. The van der Waals surface area contributed by atoms with Crippen molar-refractivity contribution in [2.75, 3.05) is 20.2 Å². The van der Waals surface area contributed by atoms with Gasteiger partial charge in [-0.25, -0.2) is 0 Å². The zero-order valence-electron chi connectivity index (χ0n) is 10.4. The minimum Gasteiger partial charge on any atom is -0.377 e. The molecule has 0 spiro atoms. The summed E-state index contributed by atoms with van der Waals surface area (Å²) in [5.41, 5.74) is 0.937. The topological polar surface area (TPSA) is 59.3 Å². The van der Waals surface area contributed by atoms with Crippen molar-refractivity contribution in [2.45, 2.75) is 38.5 Å². The Hall–Kier alpha value is -0.910. The predicted molar refractivity (Wildman–Crippen MR) is 64.6 cm³/mol. The smallest absolute Gasteiger partial charge is 0.162 e. The summed E-state index contributed by atoms with van der Waals surface area (Å²) in [6.45, 7) is 3.35. The summed E-state index contributed by atoms with van der Waals surface area (Å²) < 4.78 is 10.1. The largest absolute Gasteiger partial charge is 0.377 e. The van der Waals surface area contributed by atoms with E-state index in [2.05, 4.69) is 15.8 Å². The Labute approximate surface area is 102 Å². The van der Waals surface area contributed by atoms with E-state index in [9.17, 15) is 0 Å².